The van der Waals surface area contributed by atoms with Crippen LogP contribution in [0.4, 0.5) is 0 Å². The highest BCUT2D eigenvalue weighted by Gasteiger charge is 2.40. The zero-order valence-electron chi connectivity index (χ0n) is 13.8. The Hall–Kier alpha value is -2.63. The number of methoxy groups -OCH3 is 1. The number of rotatable bonds is 4. The number of carbonyl (C=O) groups is 2. The largest absolute Gasteiger partial charge is 0.481 e. The van der Waals surface area contributed by atoms with Gasteiger partial charge in [-0.1, -0.05) is 25.1 Å². The van der Waals surface area contributed by atoms with Gasteiger partial charge < -0.3 is 14.4 Å². The van der Waals surface area contributed by atoms with Crippen LogP contribution in [-0.2, 0) is 14.3 Å². The minimum absolute atomic E-state index is 0.0839. The molecule has 0 N–H and O–H groups in total. The smallest absolute Gasteiger partial charge is 0.328 e. The molecule has 2 atom stereocenters. The topological polar surface area (TPSA) is 68.7 Å². The van der Waals surface area contributed by atoms with E-state index in [1.54, 1.807) is 17.2 Å². The molecular formula is C18H20N2O4. The summed E-state index contributed by atoms with van der Waals surface area (Å²) in [6.45, 7) is 2.36. The number of fused-ring (bicyclic) bond motifs is 1. The molecule has 2 heterocycles. The predicted octanol–water partition coefficient (Wildman–Crippen LogP) is 2.02. The van der Waals surface area contributed by atoms with Gasteiger partial charge in [-0.15, -0.1) is 0 Å². The summed E-state index contributed by atoms with van der Waals surface area (Å²) in [7, 11) is 1.34. The summed E-state index contributed by atoms with van der Waals surface area (Å²) in [5.41, 5.74) is 0.715. The first kappa shape index (κ1) is 16.2. The summed E-state index contributed by atoms with van der Waals surface area (Å²) in [6, 6.07) is 8.84. The molecule has 6 nitrogen and oxygen atoms in total. The van der Waals surface area contributed by atoms with Gasteiger partial charge in [-0.2, -0.15) is 0 Å². The number of nitrogens with zero attached hydrogens (tertiary/aromatic N) is 2. The highest BCUT2D eigenvalue weighted by atomic mass is 16.5. The van der Waals surface area contributed by atoms with Crippen molar-refractivity contribution >= 4 is 22.8 Å². The van der Waals surface area contributed by atoms with E-state index in [0.717, 1.165) is 11.8 Å². The lowest BCUT2D eigenvalue weighted by Crippen LogP contribution is -2.45. The zero-order chi connectivity index (χ0) is 17.1. The van der Waals surface area contributed by atoms with Crippen LogP contribution in [0.15, 0.2) is 36.5 Å². The predicted molar refractivity (Wildman–Crippen MR) is 88.5 cm³/mol. The maximum atomic E-state index is 12.5. The van der Waals surface area contributed by atoms with Gasteiger partial charge in [-0.3, -0.25) is 9.78 Å². The monoisotopic (exact) mass is 328 g/mol. The maximum Gasteiger partial charge on any atom is 0.328 e. The molecule has 126 valence electrons. The van der Waals surface area contributed by atoms with Crippen LogP contribution in [0, 0.1) is 5.92 Å². The molecule has 0 bridgehead atoms. The van der Waals surface area contributed by atoms with Gasteiger partial charge in [0.05, 0.1) is 7.11 Å². The van der Waals surface area contributed by atoms with Gasteiger partial charge in [-0.25, -0.2) is 4.79 Å². The Morgan fingerprint density at radius 2 is 2.08 bits per heavy atom. The Kier molecular flexibility index (Phi) is 4.64. The van der Waals surface area contributed by atoms with Crippen LogP contribution in [0.25, 0.3) is 10.9 Å². The number of likely N-dealkylation sites (tertiary alicyclic amines) is 1. The Labute approximate surface area is 140 Å². The van der Waals surface area contributed by atoms with Gasteiger partial charge in [0.15, 0.2) is 6.61 Å². The normalized spacial score (nSPS) is 20.2. The van der Waals surface area contributed by atoms with E-state index < -0.39 is 6.04 Å². The van der Waals surface area contributed by atoms with Crippen molar-refractivity contribution in [1.29, 1.82) is 0 Å². The number of hydrogen-bond acceptors (Lipinski definition) is 5. The number of para-hydroxylation sites is 1. The highest BCUT2D eigenvalue weighted by molar-refractivity contribution is 5.87. The molecule has 2 unspecified atom stereocenters. The van der Waals surface area contributed by atoms with Crippen LogP contribution in [0.3, 0.4) is 0 Å². The molecule has 3 rings (SSSR count). The summed E-state index contributed by atoms with van der Waals surface area (Å²) in [6.07, 6.45) is 2.47. The molecule has 1 fully saturated rings. The second-order valence-electron chi connectivity index (χ2n) is 5.94. The third-order valence-corrected chi connectivity index (χ3v) is 4.41. The van der Waals surface area contributed by atoms with Gasteiger partial charge in [0, 0.05) is 18.1 Å². The van der Waals surface area contributed by atoms with E-state index in [-0.39, 0.29) is 24.4 Å². The Morgan fingerprint density at radius 3 is 2.88 bits per heavy atom. The lowest BCUT2D eigenvalue weighted by Gasteiger charge is -2.24. The third kappa shape index (κ3) is 3.04. The fraction of sp³-hybridized carbons (Fsp3) is 0.389. The number of pyridine rings is 1. The minimum atomic E-state index is -0.531. The molecule has 1 saturated heterocycles. The first-order valence-corrected chi connectivity index (χ1v) is 7.95. The number of hydrogen-bond donors (Lipinski definition) is 0. The first-order chi connectivity index (χ1) is 11.6. The number of ether oxygens (including phenoxy) is 2. The van der Waals surface area contributed by atoms with Gasteiger partial charge in [0.25, 0.3) is 5.91 Å². The van der Waals surface area contributed by atoms with Gasteiger partial charge in [0.1, 0.15) is 17.3 Å². The van der Waals surface area contributed by atoms with Crippen molar-refractivity contribution in [3.8, 4) is 5.75 Å². The molecule has 0 saturated carbocycles. The van der Waals surface area contributed by atoms with Crippen LogP contribution in [0.1, 0.15) is 13.3 Å². The lowest BCUT2D eigenvalue weighted by atomic mass is 10.0. The quantitative estimate of drug-likeness (QED) is 0.803. The highest BCUT2D eigenvalue weighted by Crippen LogP contribution is 2.26. The molecule has 0 radical (unpaired) electrons. The van der Waals surface area contributed by atoms with Crippen molar-refractivity contribution in [2.75, 3.05) is 20.3 Å². The molecule has 0 aliphatic carbocycles. The molecule has 1 aromatic carbocycles. The molecular weight excluding hydrogens is 308 g/mol. The number of carbonyl (C=O) groups excluding carboxylic acids is 2. The Bertz CT molecular complexity index is 756. The van der Waals surface area contributed by atoms with Crippen LogP contribution in [-0.4, -0.2) is 48.1 Å². The summed E-state index contributed by atoms with van der Waals surface area (Å²) in [5.74, 6) is 0.0480. The van der Waals surface area contributed by atoms with Crippen molar-refractivity contribution in [2.24, 2.45) is 5.92 Å². The van der Waals surface area contributed by atoms with Crippen molar-refractivity contribution in [2.45, 2.75) is 19.4 Å². The lowest BCUT2D eigenvalue weighted by molar-refractivity contribution is -0.152. The van der Waals surface area contributed by atoms with E-state index in [2.05, 4.69) is 4.98 Å². The second kappa shape index (κ2) is 6.86. The van der Waals surface area contributed by atoms with Crippen molar-refractivity contribution in [1.82, 2.24) is 9.88 Å². The van der Waals surface area contributed by atoms with Crippen molar-refractivity contribution in [3.05, 3.63) is 36.5 Å². The molecule has 1 amide bonds. The molecule has 24 heavy (non-hydrogen) atoms. The van der Waals surface area contributed by atoms with E-state index in [1.165, 1.54) is 7.11 Å². The molecule has 1 aromatic heterocycles. The van der Waals surface area contributed by atoms with E-state index >= 15 is 0 Å². The Morgan fingerprint density at radius 1 is 1.29 bits per heavy atom. The average molecular weight is 328 g/mol. The zero-order valence-corrected chi connectivity index (χ0v) is 13.8. The van der Waals surface area contributed by atoms with E-state index in [9.17, 15) is 9.59 Å². The maximum absolute atomic E-state index is 12.5. The summed E-state index contributed by atoms with van der Waals surface area (Å²) in [5, 5.41) is 0.949. The molecule has 1 aliphatic rings. The molecule has 1 aliphatic heterocycles. The van der Waals surface area contributed by atoms with Crippen LogP contribution in [0.5, 0.6) is 5.75 Å². The SMILES string of the molecule is COC(=O)C1C(C)CCN1C(=O)COc1cccc2cccnc12. The van der Waals surface area contributed by atoms with E-state index in [1.807, 2.05) is 31.2 Å². The minimum Gasteiger partial charge on any atom is -0.481 e. The number of benzene rings is 1. The molecule has 0 spiro atoms. The standard InChI is InChI=1S/C18H20N2O4/c1-12-8-10-20(17(12)18(22)23-2)15(21)11-24-14-7-3-5-13-6-4-9-19-16(13)14/h3-7,9,12,17H,8,10-11H2,1-2H3. The van der Waals surface area contributed by atoms with Crippen LogP contribution >= 0.6 is 0 Å². The van der Waals surface area contributed by atoms with E-state index in [4.69, 9.17) is 9.47 Å². The first-order valence-electron chi connectivity index (χ1n) is 7.95. The van der Waals surface area contributed by atoms with E-state index in [0.29, 0.717) is 17.8 Å². The molecule has 6 heteroatoms. The number of esters is 1. The molecule has 2 aromatic rings. The summed E-state index contributed by atoms with van der Waals surface area (Å²) < 4.78 is 10.5. The summed E-state index contributed by atoms with van der Waals surface area (Å²) >= 11 is 0. The van der Waals surface area contributed by atoms with Crippen molar-refractivity contribution in [3.63, 3.8) is 0 Å². The van der Waals surface area contributed by atoms with Crippen molar-refractivity contribution < 1.29 is 19.1 Å². The van der Waals surface area contributed by atoms with Gasteiger partial charge in [0.2, 0.25) is 0 Å². The van der Waals surface area contributed by atoms with Gasteiger partial charge >= 0.3 is 5.97 Å². The third-order valence-electron chi connectivity index (χ3n) is 4.41. The average Bonchev–Trinajstić information content (AvgIpc) is 3.00. The van der Waals surface area contributed by atoms with Crippen LogP contribution < -0.4 is 4.74 Å². The number of amides is 1. The van der Waals surface area contributed by atoms with Gasteiger partial charge in [-0.05, 0) is 24.5 Å². The number of aromatic nitrogens is 1. The van der Waals surface area contributed by atoms with Crippen LogP contribution in [0.2, 0.25) is 0 Å². The summed E-state index contributed by atoms with van der Waals surface area (Å²) in [4.78, 5) is 30.3. The fourth-order valence-corrected chi connectivity index (χ4v) is 3.12. The second-order valence-corrected chi connectivity index (χ2v) is 5.94. The Balaban J connectivity index is 1.72. The fourth-order valence-electron chi connectivity index (χ4n) is 3.12.